The van der Waals surface area contributed by atoms with E-state index < -0.39 is 6.09 Å². The Morgan fingerprint density at radius 3 is 2.44 bits per heavy atom. The summed E-state index contributed by atoms with van der Waals surface area (Å²) in [6.45, 7) is 11.6. The van der Waals surface area contributed by atoms with Gasteiger partial charge in [0.1, 0.15) is 0 Å². The molecule has 1 unspecified atom stereocenters. The van der Waals surface area contributed by atoms with E-state index in [4.69, 9.17) is 4.74 Å². The SMILES string of the molecule is CCOC(=O)Nc1ccc2c(c1)N(C(=O)NC(C)CCCN(CC)CC)c1ccccc1CC2. The molecule has 2 N–H and O–H groups in total. The molecule has 7 heteroatoms. The smallest absolute Gasteiger partial charge is 0.411 e. The Morgan fingerprint density at radius 1 is 1.03 bits per heavy atom. The average Bonchev–Trinajstić information content (AvgIpc) is 2.98. The molecule has 0 spiro atoms. The molecule has 0 radical (unpaired) electrons. The number of hydrogen-bond acceptors (Lipinski definition) is 4. The van der Waals surface area contributed by atoms with Gasteiger partial charge < -0.3 is 15.0 Å². The van der Waals surface area contributed by atoms with Crippen LogP contribution in [-0.4, -0.2) is 49.3 Å². The van der Waals surface area contributed by atoms with Crippen LogP contribution in [0.4, 0.5) is 26.7 Å². The zero-order valence-electron chi connectivity index (χ0n) is 20.9. The molecule has 1 aliphatic heterocycles. The van der Waals surface area contributed by atoms with Gasteiger partial charge in [-0.2, -0.15) is 0 Å². The molecule has 0 fully saturated rings. The lowest BCUT2D eigenvalue weighted by molar-refractivity contribution is 0.168. The second-order valence-electron chi connectivity index (χ2n) is 8.67. The minimum atomic E-state index is -0.505. The van der Waals surface area contributed by atoms with Crippen molar-refractivity contribution in [3.63, 3.8) is 0 Å². The van der Waals surface area contributed by atoms with Crippen LogP contribution in [0.3, 0.4) is 0 Å². The molecule has 1 atom stereocenters. The molecule has 3 rings (SSSR count). The fourth-order valence-electron chi connectivity index (χ4n) is 4.41. The van der Waals surface area contributed by atoms with Crippen LogP contribution in [0.15, 0.2) is 42.5 Å². The highest BCUT2D eigenvalue weighted by atomic mass is 16.5. The first-order valence-electron chi connectivity index (χ1n) is 12.4. The van der Waals surface area contributed by atoms with Gasteiger partial charge in [-0.05, 0) is 88.5 Å². The number of amides is 3. The second kappa shape index (κ2) is 12.4. The number of ether oxygens (including phenoxy) is 1. The minimum absolute atomic E-state index is 0.0442. The maximum atomic E-state index is 13.6. The van der Waals surface area contributed by atoms with Crippen molar-refractivity contribution >= 4 is 29.2 Å². The van der Waals surface area contributed by atoms with E-state index in [9.17, 15) is 9.59 Å². The van der Waals surface area contributed by atoms with Crippen molar-refractivity contribution in [3.8, 4) is 0 Å². The van der Waals surface area contributed by atoms with Crippen LogP contribution < -0.4 is 15.5 Å². The number of fused-ring (bicyclic) bond motifs is 2. The van der Waals surface area contributed by atoms with Crippen molar-refractivity contribution in [1.29, 1.82) is 0 Å². The second-order valence-corrected chi connectivity index (χ2v) is 8.67. The highest BCUT2D eigenvalue weighted by Crippen LogP contribution is 2.37. The Morgan fingerprint density at radius 2 is 1.74 bits per heavy atom. The number of nitrogens with one attached hydrogen (secondary N) is 2. The van der Waals surface area contributed by atoms with Crippen molar-refractivity contribution in [2.24, 2.45) is 0 Å². The molecule has 0 aliphatic carbocycles. The van der Waals surface area contributed by atoms with Crippen molar-refractivity contribution in [3.05, 3.63) is 53.6 Å². The first-order chi connectivity index (χ1) is 16.5. The largest absolute Gasteiger partial charge is 0.450 e. The minimum Gasteiger partial charge on any atom is -0.450 e. The third-order valence-electron chi connectivity index (χ3n) is 6.32. The van der Waals surface area contributed by atoms with Crippen LogP contribution >= 0.6 is 0 Å². The monoisotopic (exact) mass is 466 g/mol. The summed E-state index contributed by atoms with van der Waals surface area (Å²) in [6, 6.07) is 13.6. The molecule has 2 aromatic rings. The van der Waals surface area contributed by atoms with E-state index in [2.05, 4.69) is 42.4 Å². The maximum Gasteiger partial charge on any atom is 0.411 e. The summed E-state index contributed by atoms with van der Waals surface area (Å²) in [5.74, 6) is 0. The number of urea groups is 1. The summed E-state index contributed by atoms with van der Waals surface area (Å²) in [6.07, 6.45) is 3.10. The summed E-state index contributed by atoms with van der Waals surface area (Å²) in [4.78, 5) is 29.7. The van der Waals surface area contributed by atoms with Crippen molar-refractivity contribution < 1.29 is 14.3 Å². The quantitative estimate of drug-likeness (QED) is 0.496. The first-order valence-corrected chi connectivity index (χ1v) is 12.4. The van der Waals surface area contributed by atoms with Crippen molar-refractivity contribution in [2.45, 2.75) is 59.4 Å². The Labute approximate surface area is 203 Å². The van der Waals surface area contributed by atoms with Gasteiger partial charge in [-0.1, -0.05) is 38.1 Å². The molecule has 0 saturated carbocycles. The van der Waals surface area contributed by atoms with Gasteiger partial charge >= 0.3 is 12.1 Å². The van der Waals surface area contributed by atoms with Gasteiger partial charge in [0.15, 0.2) is 0 Å². The van der Waals surface area contributed by atoms with Crippen LogP contribution in [0.1, 0.15) is 51.7 Å². The molecule has 7 nitrogen and oxygen atoms in total. The highest BCUT2D eigenvalue weighted by Gasteiger charge is 2.27. The summed E-state index contributed by atoms with van der Waals surface area (Å²) in [5, 5.41) is 5.97. The van der Waals surface area contributed by atoms with Gasteiger partial charge in [0.05, 0.1) is 18.0 Å². The number of anilines is 3. The predicted molar refractivity (Wildman–Crippen MR) is 138 cm³/mol. The zero-order chi connectivity index (χ0) is 24.5. The van der Waals surface area contributed by atoms with Gasteiger partial charge in [-0.15, -0.1) is 0 Å². The molecule has 0 aromatic heterocycles. The number of carbonyl (C=O) groups excluding carboxylic acids is 2. The number of benzene rings is 2. The van der Waals surface area contributed by atoms with Crippen LogP contribution in [0.5, 0.6) is 0 Å². The molecular weight excluding hydrogens is 428 g/mol. The number of para-hydroxylation sites is 1. The van der Waals surface area contributed by atoms with Crippen molar-refractivity contribution in [1.82, 2.24) is 10.2 Å². The summed E-state index contributed by atoms with van der Waals surface area (Å²) in [5.41, 5.74) is 4.45. The van der Waals surface area contributed by atoms with E-state index in [1.165, 1.54) is 0 Å². The van der Waals surface area contributed by atoms with E-state index in [-0.39, 0.29) is 12.1 Å². The van der Waals surface area contributed by atoms with Crippen LogP contribution in [0, 0.1) is 0 Å². The Balaban J connectivity index is 1.83. The summed E-state index contributed by atoms with van der Waals surface area (Å²) in [7, 11) is 0. The van der Waals surface area contributed by atoms with Gasteiger partial charge in [0, 0.05) is 11.7 Å². The highest BCUT2D eigenvalue weighted by molar-refractivity contribution is 6.02. The molecule has 2 aromatic carbocycles. The average molecular weight is 467 g/mol. The van der Waals surface area contributed by atoms with Gasteiger partial charge in [0.25, 0.3) is 0 Å². The van der Waals surface area contributed by atoms with Crippen LogP contribution in [0.25, 0.3) is 0 Å². The van der Waals surface area contributed by atoms with Gasteiger partial charge in [-0.25, -0.2) is 9.59 Å². The number of aryl methyl sites for hydroxylation is 2. The zero-order valence-corrected chi connectivity index (χ0v) is 20.9. The molecule has 0 saturated heterocycles. The number of hydrogen-bond donors (Lipinski definition) is 2. The lowest BCUT2D eigenvalue weighted by atomic mass is 10.0. The van der Waals surface area contributed by atoms with E-state index in [0.717, 1.165) is 67.8 Å². The normalized spacial score (nSPS) is 13.5. The first kappa shape index (κ1) is 25.6. The topological polar surface area (TPSA) is 73.9 Å². The van der Waals surface area contributed by atoms with Gasteiger partial charge in [0.2, 0.25) is 0 Å². The number of rotatable bonds is 9. The third-order valence-corrected chi connectivity index (χ3v) is 6.32. The molecule has 184 valence electrons. The lowest BCUT2D eigenvalue weighted by Gasteiger charge is -2.28. The van der Waals surface area contributed by atoms with E-state index in [1.54, 1.807) is 11.8 Å². The fourth-order valence-corrected chi connectivity index (χ4v) is 4.41. The van der Waals surface area contributed by atoms with Crippen LogP contribution in [-0.2, 0) is 17.6 Å². The maximum absolute atomic E-state index is 13.6. The number of carbonyl (C=O) groups is 2. The molecular formula is C27H38N4O3. The van der Waals surface area contributed by atoms with E-state index >= 15 is 0 Å². The van der Waals surface area contributed by atoms with Crippen molar-refractivity contribution in [2.75, 3.05) is 36.5 Å². The fraction of sp³-hybridized carbons (Fsp3) is 0.481. The van der Waals surface area contributed by atoms with E-state index in [0.29, 0.717) is 12.3 Å². The third kappa shape index (κ3) is 6.50. The van der Waals surface area contributed by atoms with Crippen LogP contribution in [0.2, 0.25) is 0 Å². The summed E-state index contributed by atoms with van der Waals surface area (Å²) < 4.78 is 5.02. The lowest BCUT2D eigenvalue weighted by Crippen LogP contribution is -2.42. The molecule has 34 heavy (non-hydrogen) atoms. The standard InChI is InChI=1S/C27H38N4O3/c1-5-30(6-2)18-10-11-20(4)28-26(32)31-24-13-9-8-12-21(24)14-15-22-16-17-23(19-25(22)31)29-27(33)34-7-3/h8-9,12-13,16-17,19-20H,5-7,10-11,14-15,18H2,1-4H3,(H,28,32)(H,29,33). The summed E-state index contributed by atoms with van der Waals surface area (Å²) >= 11 is 0. The predicted octanol–water partition coefficient (Wildman–Crippen LogP) is 5.71. The number of nitrogens with zero attached hydrogens (tertiary/aromatic N) is 2. The molecule has 0 bridgehead atoms. The van der Waals surface area contributed by atoms with E-state index in [1.807, 2.05) is 36.4 Å². The molecule has 1 aliphatic rings. The molecule has 3 amide bonds. The Kier molecular flexibility index (Phi) is 9.33. The molecule has 1 heterocycles. The Bertz CT molecular complexity index is 974. The van der Waals surface area contributed by atoms with Gasteiger partial charge in [-0.3, -0.25) is 10.2 Å². The Hall–Kier alpha value is -3.06.